The summed E-state index contributed by atoms with van der Waals surface area (Å²) in [6.07, 6.45) is 0.801. The van der Waals surface area contributed by atoms with Gasteiger partial charge in [0.2, 0.25) is 0 Å². The summed E-state index contributed by atoms with van der Waals surface area (Å²) in [5.74, 6) is 2.69. The fraction of sp³-hybridized carbons (Fsp3) is 0.500. The molecule has 1 aliphatic heterocycles. The van der Waals surface area contributed by atoms with E-state index in [9.17, 15) is 4.39 Å². The van der Waals surface area contributed by atoms with Crippen molar-refractivity contribution in [2.45, 2.75) is 13.3 Å². The Morgan fingerprint density at radius 2 is 2.16 bits per heavy atom. The molecule has 1 aromatic rings. The van der Waals surface area contributed by atoms with Crippen molar-refractivity contribution in [1.29, 1.82) is 0 Å². The van der Waals surface area contributed by atoms with E-state index in [2.05, 4.69) is 9.89 Å². The summed E-state index contributed by atoms with van der Waals surface area (Å²) in [5.41, 5.74) is 8.09. The molecule has 0 amide bonds. The zero-order valence-electron chi connectivity index (χ0n) is 11.2. The first-order valence-electron chi connectivity index (χ1n) is 6.54. The lowest BCUT2D eigenvalue weighted by molar-refractivity contribution is 0.456. The molecule has 1 aromatic carbocycles. The first-order chi connectivity index (χ1) is 9.16. The van der Waals surface area contributed by atoms with Gasteiger partial charge in [0.15, 0.2) is 5.96 Å². The molecule has 0 atom stereocenters. The number of halogens is 1. The summed E-state index contributed by atoms with van der Waals surface area (Å²) in [6, 6.07) is 4.88. The Hall–Kier alpha value is -1.23. The van der Waals surface area contributed by atoms with Crippen LogP contribution in [0.5, 0.6) is 0 Å². The van der Waals surface area contributed by atoms with Gasteiger partial charge in [-0.25, -0.2) is 4.39 Å². The van der Waals surface area contributed by atoms with Crippen molar-refractivity contribution in [2.24, 2.45) is 10.7 Å². The van der Waals surface area contributed by atoms with E-state index in [-0.39, 0.29) is 5.82 Å². The number of hydrogen-bond donors (Lipinski definition) is 1. The Morgan fingerprint density at radius 1 is 1.42 bits per heavy atom. The minimum absolute atomic E-state index is 0.185. The third-order valence-corrected chi connectivity index (χ3v) is 4.24. The first kappa shape index (κ1) is 14.2. The maximum Gasteiger partial charge on any atom is 0.191 e. The second kappa shape index (κ2) is 6.80. The van der Waals surface area contributed by atoms with Crippen molar-refractivity contribution >= 4 is 17.7 Å². The maximum absolute atomic E-state index is 13.0. The average Bonchev–Trinajstić information content (AvgIpc) is 2.42. The number of nitrogens with two attached hydrogens (primary N) is 1. The summed E-state index contributed by atoms with van der Waals surface area (Å²) >= 11 is 1.95. The maximum atomic E-state index is 13.0. The van der Waals surface area contributed by atoms with Crippen molar-refractivity contribution in [3.05, 3.63) is 35.1 Å². The number of aliphatic imine (C=N–C) groups is 1. The third kappa shape index (κ3) is 4.13. The van der Waals surface area contributed by atoms with Crippen molar-refractivity contribution < 1.29 is 4.39 Å². The molecule has 0 spiro atoms. The number of hydrogen-bond acceptors (Lipinski definition) is 2. The van der Waals surface area contributed by atoms with Crippen LogP contribution >= 0.6 is 11.8 Å². The van der Waals surface area contributed by atoms with Crippen LogP contribution in [0.2, 0.25) is 0 Å². The molecule has 1 fully saturated rings. The molecule has 0 saturated carbocycles. The normalized spacial score (nSPS) is 16.7. The Labute approximate surface area is 118 Å². The van der Waals surface area contributed by atoms with Gasteiger partial charge in [0.25, 0.3) is 0 Å². The van der Waals surface area contributed by atoms with E-state index < -0.39 is 0 Å². The summed E-state index contributed by atoms with van der Waals surface area (Å²) in [6.45, 7) is 4.54. The molecule has 0 bridgehead atoms. The van der Waals surface area contributed by atoms with E-state index >= 15 is 0 Å². The lowest BCUT2D eigenvalue weighted by Crippen LogP contribution is -2.42. The van der Waals surface area contributed by atoms with Crippen LogP contribution in [-0.4, -0.2) is 42.0 Å². The van der Waals surface area contributed by atoms with Crippen LogP contribution < -0.4 is 5.73 Å². The molecule has 2 rings (SSSR count). The van der Waals surface area contributed by atoms with Crippen LogP contribution in [0.3, 0.4) is 0 Å². The Balaban J connectivity index is 1.87. The molecule has 19 heavy (non-hydrogen) atoms. The molecule has 1 aliphatic rings. The summed E-state index contributed by atoms with van der Waals surface area (Å²) < 4.78 is 13.0. The first-order valence-corrected chi connectivity index (χ1v) is 7.70. The largest absolute Gasteiger partial charge is 0.370 e. The zero-order chi connectivity index (χ0) is 13.7. The van der Waals surface area contributed by atoms with E-state index in [1.54, 1.807) is 6.07 Å². The van der Waals surface area contributed by atoms with Gasteiger partial charge in [0.05, 0.1) is 0 Å². The van der Waals surface area contributed by atoms with Crippen LogP contribution in [0, 0.1) is 12.7 Å². The van der Waals surface area contributed by atoms with Gasteiger partial charge in [-0.3, -0.25) is 4.99 Å². The van der Waals surface area contributed by atoms with Crippen molar-refractivity contribution in [3.63, 3.8) is 0 Å². The highest BCUT2D eigenvalue weighted by atomic mass is 32.2. The summed E-state index contributed by atoms with van der Waals surface area (Å²) in [7, 11) is 0. The molecule has 1 heterocycles. The van der Waals surface area contributed by atoms with Crippen LogP contribution in [0.1, 0.15) is 11.1 Å². The predicted molar refractivity (Wildman–Crippen MR) is 80.2 cm³/mol. The highest BCUT2D eigenvalue weighted by Gasteiger charge is 2.11. The van der Waals surface area contributed by atoms with Crippen molar-refractivity contribution in [1.82, 2.24) is 4.90 Å². The van der Waals surface area contributed by atoms with Gasteiger partial charge in [0.1, 0.15) is 5.82 Å². The minimum Gasteiger partial charge on any atom is -0.370 e. The van der Waals surface area contributed by atoms with E-state index in [1.807, 2.05) is 24.8 Å². The Kier molecular flexibility index (Phi) is 5.07. The molecule has 0 aliphatic carbocycles. The van der Waals surface area contributed by atoms with Gasteiger partial charge >= 0.3 is 0 Å². The monoisotopic (exact) mass is 281 g/mol. The van der Waals surface area contributed by atoms with Gasteiger partial charge in [-0.1, -0.05) is 6.07 Å². The van der Waals surface area contributed by atoms with Crippen LogP contribution in [0.4, 0.5) is 4.39 Å². The topological polar surface area (TPSA) is 41.6 Å². The molecule has 0 aromatic heterocycles. The molecule has 0 unspecified atom stereocenters. The molecule has 1 saturated heterocycles. The van der Waals surface area contributed by atoms with Gasteiger partial charge in [-0.15, -0.1) is 0 Å². The van der Waals surface area contributed by atoms with Gasteiger partial charge < -0.3 is 10.6 Å². The van der Waals surface area contributed by atoms with E-state index in [0.717, 1.165) is 42.1 Å². The Morgan fingerprint density at radius 3 is 2.84 bits per heavy atom. The van der Waals surface area contributed by atoms with Gasteiger partial charge in [-0.05, 0) is 36.6 Å². The fourth-order valence-corrected chi connectivity index (χ4v) is 3.03. The lowest BCUT2D eigenvalue weighted by Gasteiger charge is -2.27. The standard InChI is InChI=1S/C14H20FN3S/c1-11-10-13(15)3-2-12(11)4-5-17-14(16)18-6-8-19-9-7-18/h2-3,10H,4-9H2,1H3,(H2,16,17). The van der Waals surface area contributed by atoms with Crippen LogP contribution in [0.25, 0.3) is 0 Å². The fourth-order valence-electron chi connectivity index (χ4n) is 2.12. The average molecular weight is 281 g/mol. The molecule has 3 nitrogen and oxygen atoms in total. The zero-order valence-corrected chi connectivity index (χ0v) is 12.0. The number of nitrogens with zero attached hydrogens (tertiary/aromatic N) is 2. The lowest BCUT2D eigenvalue weighted by atomic mass is 10.1. The number of rotatable bonds is 3. The second-order valence-electron chi connectivity index (χ2n) is 4.66. The van der Waals surface area contributed by atoms with E-state index in [4.69, 9.17) is 5.73 Å². The number of thioether (sulfide) groups is 1. The van der Waals surface area contributed by atoms with Crippen LogP contribution in [-0.2, 0) is 6.42 Å². The molecule has 0 radical (unpaired) electrons. The molecular weight excluding hydrogens is 261 g/mol. The van der Waals surface area contributed by atoms with Gasteiger partial charge in [0, 0.05) is 31.1 Å². The summed E-state index contributed by atoms with van der Waals surface area (Å²) in [4.78, 5) is 6.56. The third-order valence-electron chi connectivity index (χ3n) is 3.29. The number of benzene rings is 1. The highest BCUT2D eigenvalue weighted by Crippen LogP contribution is 2.11. The predicted octanol–water partition coefficient (Wildman–Crippen LogP) is 2.04. The number of guanidine groups is 1. The van der Waals surface area contributed by atoms with E-state index in [0.29, 0.717) is 12.5 Å². The van der Waals surface area contributed by atoms with Crippen molar-refractivity contribution in [3.8, 4) is 0 Å². The smallest absolute Gasteiger partial charge is 0.191 e. The Bertz CT molecular complexity index is 456. The SMILES string of the molecule is Cc1cc(F)ccc1CCN=C(N)N1CCSCC1. The number of aryl methyl sites for hydroxylation is 1. The quantitative estimate of drug-likeness (QED) is 0.681. The molecule has 104 valence electrons. The van der Waals surface area contributed by atoms with E-state index in [1.165, 1.54) is 6.07 Å². The van der Waals surface area contributed by atoms with Crippen molar-refractivity contribution in [2.75, 3.05) is 31.1 Å². The van der Waals surface area contributed by atoms with Crippen LogP contribution in [0.15, 0.2) is 23.2 Å². The van der Waals surface area contributed by atoms with Gasteiger partial charge in [-0.2, -0.15) is 11.8 Å². The molecular formula is C14H20FN3S. The molecule has 2 N–H and O–H groups in total. The summed E-state index contributed by atoms with van der Waals surface area (Å²) in [5, 5.41) is 0. The minimum atomic E-state index is -0.185. The molecule has 5 heteroatoms. The second-order valence-corrected chi connectivity index (χ2v) is 5.88. The highest BCUT2D eigenvalue weighted by molar-refractivity contribution is 7.99.